The minimum atomic E-state index is -0.273. The highest BCUT2D eigenvalue weighted by Crippen LogP contribution is 2.23. The van der Waals surface area contributed by atoms with Crippen LogP contribution < -0.4 is 0 Å². The second-order valence-electron chi connectivity index (χ2n) is 4.35. The fourth-order valence-corrected chi connectivity index (χ4v) is 2.32. The van der Waals surface area contributed by atoms with Crippen molar-refractivity contribution in [1.29, 1.82) is 0 Å². The molecule has 2 aromatic rings. The first-order valence-electron chi connectivity index (χ1n) is 5.72. The zero-order valence-corrected chi connectivity index (χ0v) is 9.08. The van der Waals surface area contributed by atoms with E-state index in [4.69, 9.17) is 4.42 Å². The summed E-state index contributed by atoms with van der Waals surface area (Å²) in [5.74, 6) is 0.590. The minimum absolute atomic E-state index is 0.273. The second-order valence-corrected chi connectivity index (χ2v) is 4.35. The van der Waals surface area contributed by atoms with E-state index in [9.17, 15) is 4.39 Å². The molecular weight excluding hydrogens is 205 g/mol. The Morgan fingerprint density at radius 3 is 2.81 bits per heavy atom. The monoisotopic (exact) mass is 219 g/mol. The van der Waals surface area contributed by atoms with Gasteiger partial charge in [-0.15, -0.1) is 0 Å². The van der Waals surface area contributed by atoms with Crippen LogP contribution >= 0.6 is 0 Å². The zero-order chi connectivity index (χ0) is 11.0. The normalized spacial score (nSPS) is 17.3. The van der Waals surface area contributed by atoms with E-state index < -0.39 is 0 Å². The maximum atomic E-state index is 13.4. The van der Waals surface area contributed by atoms with Crippen LogP contribution in [0.25, 0.3) is 11.0 Å². The molecule has 0 saturated carbocycles. The quantitative estimate of drug-likeness (QED) is 0.771. The molecule has 1 fully saturated rings. The van der Waals surface area contributed by atoms with Gasteiger partial charge in [0.2, 0.25) is 0 Å². The van der Waals surface area contributed by atoms with E-state index in [1.807, 2.05) is 12.1 Å². The fourth-order valence-electron chi connectivity index (χ4n) is 2.32. The van der Waals surface area contributed by atoms with Crippen LogP contribution in [0, 0.1) is 5.82 Å². The van der Waals surface area contributed by atoms with E-state index >= 15 is 0 Å². The summed E-state index contributed by atoms with van der Waals surface area (Å²) in [6, 6.07) is 6.98. The summed E-state index contributed by atoms with van der Waals surface area (Å²) >= 11 is 0. The maximum absolute atomic E-state index is 13.4. The van der Waals surface area contributed by atoms with Crippen molar-refractivity contribution in [3.8, 4) is 0 Å². The Hall–Kier alpha value is -1.35. The lowest BCUT2D eigenvalue weighted by atomic mass is 10.2. The molecule has 1 saturated heterocycles. The molecule has 2 heterocycles. The topological polar surface area (TPSA) is 16.4 Å². The van der Waals surface area contributed by atoms with Gasteiger partial charge in [0, 0.05) is 5.39 Å². The molecule has 0 unspecified atom stereocenters. The Bertz CT molecular complexity index is 500. The van der Waals surface area contributed by atoms with E-state index in [0.29, 0.717) is 5.58 Å². The highest BCUT2D eigenvalue weighted by molar-refractivity contribution is 5.78. The molecule has 0 amide bonds. The van der Waals surface area contributed by atoms with Gasteiger partial charge in [-0.2, -0.15) is 0 Å². The molecule has 3 rings (SSSR count). The molecule has 1 aliphatic heterocycles. The molecular formula is C13H14FNO. The van der Waals surface area contributed by atoms with Crippen molar-refractivity contribution < 1.29 is 8.81 Å². The average molecular weight is 219 g/mol. The molecule has 3 heteroatoms. The van der Waals surface area contributed by atoms with Crippen molar-refractivity contribution >= 4 is 11.0 Å². The van der Waals surface area contributed by atoms with Crippen molar-refractivity contribution in [3.63, 3.8) is 0 Å². The van der Waals surface area contributed by atoms with E-state index in [1.165, 1.54) is 18.9 Å². The molecule has 0 aliphatic carbocycles. The predicted molar refractivity (Wildman–Crippen MR) is 60.7 cm³/mol. The lowest BCUT2D eigenvalue weighted by molar-refractivity contribution is 0.301. The SMILES string of the molecule is Fc1cccc2cc(CN3CCCC3)oc12. The number of para-hydroxylation sites is 1. The highest BCUT2D eigenvalue weighted by atomic mass is 19.1. The summed E-state index contributed by atoms with van der Waals surface area (Å²) < 4.78 is 18.9. The molecule has 16 heavy (non-hydrogen) atoms. The lowest BCUT2D eigenvalue weighted by Crippen LogP contribution is -2.17. The standard InChI is InChI=1S/C13H14FNO/c14-12-5-3-4-10-8-11(16-13(10)12)9-15-6-1-2-7-15/h3-5,8H,1-2,6-7,9H2. The van der Waals surface area contributed by atoms with Gasteiger partial charge >= 0.3 is 0 Å². The highest BCUT2D eigenvalue weighted by Gasteiger charge is 2.15. The molecule has 0 spiro atoms. The number of halogens is 1. The van der Waals surface area contributed by atoms with Crippen molar-refractivity contribution in [3.05, 3.63) is 35.8 Å². The number of fused-ring (bicyclic) bond motifs is 1. The molecule has 84 valence electrons. The van der Waals surface area contributed by atoms with Gasteiger partial charge < -0.3 is 4.42 Å². The van der Waals surface area contributed by atoms with Crippen LogP contribution in [0.1, 0.15) is 18.6 Å². The van der Waals surface area contributed by atoms with Gasteiger partial charge in [0.25, 0.3) is 0 Å². The summed E-state index contributed by atoms with van der Waals surface area (Å²) in [7, 11) is 0. The number of likely N-dealkylation sites (tertiary alicyclic amines) is 1. The van der Waals surface area contributed by atoms with Gasteiger partial charge in [-0.3, -0.25) is 4.90 Å². The van der Waals surface area contributed by atoms with Crippen molar-refractivity contribution in [2.75, 3.05) is 13.1 Å². The van der Waals surface area contributed by atoms with E-state index in [-0.39, 0.29) is 5.82 Å². The Morgan fingerprint density at radius 2 is 2.06 bits per heavy atom. The molecule has 0 radical (unpaired) electrons. The first kappa shape index (κ1) is 9.85. The third-order valence-electron chi connectivity index (χ3n) is 3.13. The van der Waals surface area contributed by atoms with Crippen LogP contribution in [0.5, 0.6) is 0 Å². The van der Waals surface area contributed by atoms with E-state index in [0.717, 1.165) is 30.8 Å². The number of nitrogens with zero attached hydrogens (tertiary/aromatic N) is 1. The van der Waals surface area contributed by atoms with Gasteiger partial charge in [-0.1, -0.05) is 12.1 Å². The van der Waals surface area contributed by atoms with Crippen molar-refractivity contribution in [1.82, 2.24) is 4.90 Å². The van der Waals surface area contributed by atoms with Gasteiger partial charge in [0.1, 0.15) is 5.76 Å². The Balaban J connectivity index is 1.90. The third-order valence-corrected chi connectivity index (χ3v) is 3.13. The summed E-state index contributed by atoms with van der Waals surface area (Å²) in [5, 5.41) is 0.856. The van der Waals surface area contributed by atoms with Crippen LogP contribution in [-0.2, 0) is 6.54 Å². The first-order chi connectivity index (χ1) is 7.83. The number of rotatable bonds is 2. The molecule has 1 aromatic carbocycles. The van der Waals surface area contributed by atoms with E-state index in [1.54, 1.807) is 6.07 Å². The van der Waals surface area contributed by atoms with E-state index in [2.05, 4.69) is 4.90 Å². The number of hydrogen-bond acceptors (Lipinski definition) is 2. The predicted octanol–water partition coefficient (Wildman–Crippen LogP) is 3.17. The summed E-state index contributed by atoms with van der Waals surface area (Å²) in [4.78, 5) is 2.34. The Kier molecular flexibility index (Phi) is 2.40. The van der Waals surface area contributed by atoms with Gasteiger partial charge in [0.05, 0.1) is 6.54 Å². The number of hydrogen-bond donors (Lipinski definition) is 0. The summed E-state index contributed by atoms with van der Waals surface area (Å²) in [6.45, 7) is 3.05. The molecule has 2 nitrogen and oxygen atoms in total. The molecule has 0 atom stereocenters. The lowest BCUT2D eigenvalue weighted by Gasteiger charge is -2.11. The molecule has 0 N–H and O–H groups in total. The number of benzene rings is 1. The Labute approximate surface area is 93.7 Å². The smallest absolute Gasteiger partial charge is 0.169 e. The fraction of sp³-hybridized carbons (Fsp3) is 0.385. The summed E-state index contributed by atoms with van der Waals surface area (Å²) in [6.07, 6.45) is 2.52. The van der Waals surface area contributed by atoms with Crippen LogP contribution in [0.15, 0.2) is 28.7 Å². The molecule has 1 aliphatic rings. The second kappa shape index (κ2) is 3.91. The van der Waals surface area contributed by atoms with Gasteiger partial charge in [0.15, 0.2) is 11.4 Å². The van der Waals surface area contributed by atoms with Crippen LogP contribution in [0.3, 0.4) is 0 Å². The van der Waals surface area contributed by atoms with Crippen molar-refractivity contribution in [2.24, 2.45) is 0 Å². The van der Waals surface area contributed by atoms with Crippen LogP contribution in [0.2, 0.25) is 0 Å². The Morgan fingerprint density at radius 1 is 1.25 bits per heavy atom. The average Bonchev–Trinajstić information content (AvgIpc) is 2.88. The molecule has 0 bridgehead atoms. The van der Waals surface area contributed by atoms with Crippen LogP contribution in [0.4, 0.5) is 4.39 Å². The maximum Gasteiger partial charge on any atom is 0.169 e. The minimum Gasteiger partial charge on any atom is -0.457 e. The van der Waals surface area contributed by atoms with Gasteiger partial charge in [-0.05, 0) is 38.1 Å². The first-order valence-corrected chi connectivity index (χ1v) is 5.72. The van der Waals surface area contributed by atoms with Crippen LogP contribution in [-0.4, -0.2) is 18.0 Å². The third kappa shape index (κ3) is 1.71. The van der Waals surface area contributed by atoms with Gasteiger partial charge in [-0.25, -0.2) is 4.39 Å². The summed E-state index contributed by atoms with van der Waals surface area (Å²) in [5.41, 5.74) is 0.386. The number of furan rings is 1. The van der Waals surface area contributed by atoms with Crippen molar-refractivity contribution in [2.45, 2.75) is 19.4 Å². The largest absolute Gasteiger partial charge is 0.457 e. The molecule has 1 aromatic heterocycles. The zero-order valence-electron chi connectivity index (χ0n) is 9.08.